The molecule has 1 aromatic carbocycles. The van der Waals surface area contributed by atoms with E-state index in [1.807, 2.05) is 0 Å². The maximum atomic E-state index is 11.4. The van der Waals surface area contributed by atoms with E-state index in [2.05, 4.69) is 4.74 Å². The fourth-order valence-electron chi connectivity index (χ4n) is 1.04. The second-order valence-electron chi connectivity index (χ2n) is 2.99. The molecule has 0 saturated carbocycles. The Labute approximate surface area is 92.1 Å². The number of carbonyl (C=O) groups excluding carboxylic acids is 2. The monoisotopic (exact) mass is 221 g/mol. The Bertz CT molecular complexity index is 451. The van der Waals surface area contributed by atoms with Gasteiger partial charge in [0.05, 0.1) is 0 Å². The fraction of sp³-hybridized carbons (Fsp3) is 0.0909. The van der Waals surface area contributed by atoms with Crippen LogP contribution in [0.5, 0.6) is 5.75 Å². The average molecular weight is 221 g/mol. The minimum Gasteiger partial charge on any atom is -0.507 e. The molecule has 0 fully saturated rings. The first kappa shape index (κ1) is 11.8. The topological polar surface area (TPSA) is 89.6 Å². The summed E-state index contributed by atoms with van der Waals surface area (Å²) in [7, 11) is 0. The molecule has 5 nitrogen and oxygen atoms in total. The molecule has 0 radical (unpaired) electrons. The van der Waals surface area contributed by atoms with Gasteiger partial charge in [-0.25, -0.2) is 9.59 Å². The summed E-state index contributed by atoms with van der Waals surface area (Å²) in [5.74, 6) is -2.03. The van der Waals surface area contributed by atoms with Crippen LogP contribution in [0.25, 0.3) is 0 Å². The smallest absolute Gasteiger partial charge is 0.349 e. The number of carbonyl (C=O) groups is 2. The highest BCUT2D eigenvalue weighted by Gasteiger charge is 2.15. The number of hydrogen-bond acceptors (Lipinski definition) is 5. The molecule has 84 valence electrons. The zero-order valence-corrected chi connectivity index (χ0v) is 8.64. The van der Waals surface area contributed by atoms with E-state index in [-0.39, 0.29) is 11.3 Å². The first-order chi connectivity index (χ1) is 7.54. The summed E-state index contributed by atoms with van der Waals surface area (Å²) in [5.41, 5.74) is 5.60. The molecule has 1 rings (SSSR count). The first-order valence-electron chi connectivity index (χ1n) is 4.52. The number of allylic oxidation sites excluding steroid dienone is 1. The third kappa shape index (κ3) is 2.84. The molecule has 0 aliphatic rings. The number of nitrogen functional groups attached to an aromatic ring is 1. The van der Waals surface area contributed by atoms with Gasteiger partial charge < -0.3 is 15.6 Å². The van der Waals surface area contributed by atoms with Crippen molar-refractivity contribution in [3.8, 4) is 5.75 Å². The molecule has 16 heavy (non-hydrogen) atoms. The van der Waals surface area contributed by atoms with Gasteiger partial charge in [-0.3, -0.25) is 0 Å². The van der Waals surface area contributed by atoms with Gasteiger partial charge in [-0.05, 0) is 19.1 Å². The first-order valence-corrected chi connectivity index (χ1v) is 4.52. The Balaban J connectivity index is 2.85. The highest BCUT2D eigenvalue weighted by atomic mass is 16.6. The summed E-state index contributed by atoms with van der Waals surface area (Å²) in [6.45, 7) is 1.62. The van der Waals surface area contributed by atoms with Gasteiger partial charge in [0.15, 0.2) is 0 Å². The molecular weight excluding hydrogens is 210 g/mol. The van der Waals surface area contributed by atoms with Crippen LogP contribution in [0, 0.1) is 0 Å². The van der Waals surface area contributed by atoms with E-state index < -0.39 is 11.9 Å². The summed E-state index contributed by atoms with van der Waals surface area (Å²) >= 11 is 0. The predicted molar refractivity (Wildman–Crippen MR) is 57.8 cm³/mol. The number of aromatic hydroxyl groups is 1. The zero-order chi connectivity index (χ0) is 12.1. The van der Waals surface area contributed by atoms with E-state index in [0.717, 1.165) is 6.08 Å². The van der Waals surface area contributed by atoms with Crippen LogP contribution in [0.2, 0.25) is 0 Å². The van der Waals surface area contributed by atoms with Gasteiger partial charge in [-0.1, -0.05) is 6.08 Å². The van der Waals surface area contributed by atoms with Crippen LogP contribution in [0.1, 0.15) is 17.3 Å². The van der Waals surface area contributed by atoms with Gasteiger partial charge in [0, 0.05) is 17.8 Å². The number of hydrogen-bond donors (Lipinski definition) is 2. The van der Waals surface area contributed by atoms with Crippen molar-refractivity contribution in [3.05, 3.63) is 35.9 Å². The predicted octanol–water partition coefficient (Wildman–Crippen LogP) is 1.23. The van der Waals surface area contributed by atoms with Crippen LogP contribution in [0.15, 0.2) is 30.4 Å². The van der Waals surface area contributed by atoms with Crippen molar-refractivity contribution in [3.63, 3.8) is 0 Å². The summed E-state index contributed by atoms with van der Waals surface area (Å²) in [5, 5.41) is 9.39. The number of anilines is 1. The van der Waals surface area contributed by atoms with Gasteiger partial charge in [-0.15, -0.1) is 0 Å². The Hall–Kier alpha value is -2.30. The number of nitrogens with two attached hydrogens (primary N) is 1. The lowest BCUT2D eigenvalue weighted by molar-refractivity contribution is -0.132. The van der Waals surface area contributed by atoms with E-state index in [4.69, 9.17) is 5.73 Å². The standard InChI is InChI=1S/C11H11NO4/c1-2-3-10(14)16-11(15)8-5-4-7(12)6-9(8)13/h2-6,13H,12H2,1H3/b3-2+. The quantitative estimate of drug-likeness (QED) is 0.339. The lowest BCUT2D eigenvalue weighted by Crippen LogP contribution is -2.10. The van der Waals surface area contributed by atoms with Crippen molar-refractivity contribution in [1.82, 2.24) is 0 Å². The van der Waals surface area contributed by atoms with Crippen molar-refractivity contribution in [1.29, 1.82) is 0 Å². The number of esters is 2. The molecule has 5 heteroatoms. The summed E-state index contributed by atoms with van der Waals surface area (Å²) < 4.78 is 4.43. The van der Waals surface area contributed by atoms with E-state index in [1.54, 1.807) is 6.92 Å². The molecule has 3 N–H and O–H groups in total. The third-order valence-corrected chi connectivity index (χ3v) is 1.74. The maximum absolute atomic E-state index is 11.4. The zero-order valence-electron chi connectivity index (χ0n) is 8.64. The molecule has 0 aliphatic heterocycles. The van der Waals surface area contributed by atoms with Crippen molar-refractivity contribution in [2.24, 2.45) is 0 Å². The van der Waals surface area contributed by atoms with Gasteiger partial charge in [-0.2, -0.15) is 0 Å². The molecule has 0 aliphatic carbocycles. The van der Waals surface area contributed by atoms with Crippen molar-refractivity contribution >= 4 is 17.6 Å². The van der Waals surface area contributed by atoms with Crippen LogP contribution in [-0.4, -0.2) is 17.0 Å². The molecule has 0 amide bonds. The Morgan fingerprint density at radius 3 is 2.69 bits per heavy atom. The maximum Gasteiger partial charge on any atom is 0.349 e. The van der Waals surface area contributed by atoms with Crippen molar-refractivity contribution in [2.75, 3.05) is 5.73 Å². The second-order valence-corrected chi connectivity index (χ2v) is 2.99. The van der Waals surface area contributed by atoms with Crippen LogP contribution in [-0.2, 0) is 9.53 Å². The van der Waals surface area contributed by atoms with Crippen LogP contribution in [0.4, 0.5) is 5.69 Å². The van der Waals surface area contributed by atoms with Crippen molar-refractivity contribution < 1.29 is 19.4 Å². The SMILES string of the molecule is C/C=C/C(=O)OC(=O)c1ccc(N)cc1O. The lowest BCUT2D eigenvalue weighted by atomic mass is 10.2. The minimum absolute atomic E-state index is 0.105. The number of phenols is 1. The largest absolute Gasteiger partial charge is 0.507 e. The third-order valence-electron chi connectivity index (χ3n) is 1.74. The van der Waals surface area contributed by atoms with Gasteiger partial charge in [0.2, 0.25) is 0 Å². The Morgan fingerprint density at radius 1 is 1.44 bits per heavy atom. The lowest BCUT2D eigenvalue weighted by Gasteiger charge is -2.03. The molecule has 0 unspecified atom stereocenters. The molecule has 1 aromatic rings. The van der Waals surface area contributed by atoms with E-state index >= 15 is 0 Å². The van der Waals surface area contributed by atoms with Crippen LogP contribution >= 0.6 is 0 Å². The molecule has 0 saturated heterocycles. The molecule has 0 spiro atoms. The second kappa shape index (κ2) is 4.97. The highest BCUT2D eigenvalue weighted by molar-refractivity contribution is 6.01. The van der Waals surface area contributed by atoms with E-state index in [9.17, 15) is 14.7 Å². The summed E-state index contributed by atoms with van der Waals surface area (Å²) in [6.07, 6.45) is 2.55. The van der Waals surface area contributed by atoms with Crippen molar-refractivity contribution in [2.45, 2.75) is 6.92 Å². The van der Waals surface area contributed by atoms with Gasteiger partial charge >= 0.3 is 11.9 Å². The number of phenolic OH excluding ortho intramolecular Hbond substituents is 1. The van der Waals surface area contributed by atoms with Gasteiger partial charge in [0.25, 0.3) is 0 Å². The molecule has 0 bridgehead atoms. The van der Waals surface area contributed by atoms with Gasteiger partial charge in [0.1, 0.15) is 11.3 Å². The fourth-order valence-corrected chi connectivity index (χ4v) is 1.04. The number of rotatable bonds is 2. The Kier molecular flexibility index (Phi) is 3.66. The van der Waals surface area contributed by atoms with E-state index in [0.29, 0.717) is 5.69 Å². The normalized spacial score (nSPS) is 10.3. The number of benzene rings is 1. The Morgan fingerprint density at radius 2 is 2.12 bits per heavy atom. The molecule has 0 heterocycles. The average Bonchev–Trinajstić information content (AvgIpc) is 2.17. The number of ether oxygens (including phenoxy) is 1. The minimum atomic E-state index is -0.916. The van der Waals surface area contributed by atoms with E-state index in [1.165, 1.54) is 24.3 Å². The molecular formula is C11H11NO4. The summed E-state index contributed by atoms with van der Waals surface area (Å²) in [4.78, 5) is 22.4. The van der Waals surface area contributed by atoms with Crippen LogP contribution in [0.3, 0.4) is 0 Å². The summed E-state index contributed by atoms with van der Waals surface area (Å²) in [6, 6.07) is 3.92. The molecule has 0 atom stereocenters. The molecule has 0 aromatic heterocycles. The van der Waals surface area contributed by atoms with Crippen LogP contribution < -0.4 is 5.73 Å². The highest BCUT2D eigenvalue weighted by Crippen LogP contribution is 2.20.